The fourth-order valence-electron chi connectivity index (χ4n) is 3.34. The van der Waals surface area contributed by atoms with E-state index in [1.54, 1.807) is 0 Å². The summed E-state index contributed by atoms with van der Waals surface area (Å²) in [5, 5.41) is 7.05. The zero-order valence-corrected chi connectivity index (χ0v) is 17.3. The van der Waals surface area contributed by atoms with Crippen molar-refractivity contribution in [1.29, 1.82) is 0 Å². The van der Waals surface area contributed by atoms with Crippen LogP contribution in [-0.2, 0) is 0 Å². The summed E-state index contributed by atoms with van der Waals surface area (Å²) < 4.78 is 1.03. The number of nitrogens with one attached hydrogen (secondary N) is 2. The van der Waals surface area contributed by atoms with Gasteiger partial charge in [0.25, 0.3) is 0 Å². The van der Waals surface area contributed by atoms with Crippen molar-refractivity contribution in [2.75, 3.05) is 62.4 Å². The van der Waals surface area contributed by atoms with E-state index >= 15 is 0 Å². The molecule has 0 radical (unpaired) electrons. The predicted octanol–water partition coefficient (Wildman–Crippen LogP) is 3.85. The van der Waals surface area contributed by atoms with Crippen molar-refractivity contribution in [3.63, 3.8) is 0 Å². The van der Waals surface area contributed by atoms with Crippen molar-refractivity contribution in [2.45, 2.75) is 26.7 Å². The molecule has 0 bridgehead atoms. The topological polar surface area (TPSA) is 76.1 Å². The molecule has 0 amide bonds. The van der Waals surface area contributed by atoms with Gasteiger partial charge in [0.1, 0.15) is 0 Å². The number of nitrogen functional groups attached to an aromatic ring is 2. The first kappa shape index (κ1) is 20.9. The molecule has 0 aromatic heterocycles. The Labute approximate surface area is 164 Å². The molecule has 2 aromatic rings. The Balaban J connectivity index is 1.65. The van der Waals surface area contributed by atoms with Crippen LogP contribution in [-0.4, -0.2) is 44.8 Å². The summed E-state index contributed by atoms with van der Waals surface area (Å²) in [6.45, 7) is 8.46. The van der Waals surface area contributed by atoms with E-state index in [-0.39, 0.29) is 0 Å². The zero-order chi connectivity index (χ0) is 19.9. The second kappa shape index (κ2) is 9.51. The van der Waals surface area contributed by atoms with Gasteiger partial charge in [0, 0.05) is 48.7 Å². The predicted molar refractivity (Wildman–Crippen MR) is 119 cm³/mol. The van der Waals surface area contributed by atoms with Crippen molar-refractivity contribution in [2.24, 2.45) is 0 Å². The number of benzene rings is 2. The van der Waals surface area contributed by atoms with Crippen LogP contribution in [0.3, 0.4) is 0 Å². The number of nitrogens with zero attached hydrogens (tertiary/aromatic N) is 1. The quantitative estimate of drug-likeness (QED) is 0.291. The maximum Gasteiger partial charge on any atom is 0.0799 e. The van der Waals surface area contributed by atoms with Gasteiger partial charge in [-0.15, -0.1) is 0 Å². The van der Waals surface area contributed by atoms with Gasteiger partial charge in [0.15, 0.2) is 0 Å². The minimum absolute atomic E-state index is 0.818. The Hall–Kier alpha value is -2.40. The number of rotatable bonds is 10. The number of quaternary nitrogens is 1. The smallest absolute Gasteiger partial charge is 0.0799 e. The highest BCUT2D eigenvalue weighted by Gasteiger charge is 2.14. The van der Waals surface area contributed by atoms with Gasteiger partial charge in [-0.25, -0.2) is 0 Å². The zero-order valence-electron chi connectivity index (χ0n) is 17.3. The first-order valence-corrected chi connectivity index (χ1v) is 9.79. The third kappa shape index (κ3) is 7.02. The molecular formula is C22H36N5+. The molecule has 2 aromatic carbocycles. The van der Waals surface area contributed by atoms with Gasteiger partial charge in [0.05, 0.1) is 27.2 Å². The molecule has 0 saturated carbocycles. The maximum absolute atomic E-state index is 5.81. The molecule has 0 spiro atoms. The summed E-state index contributed by atoms with van der Waals surface area (Å²) in [6.07, 6.45) is 2.28. The lowest BCUT2D eigenvalue weighted by molar-refractivity contribution is -0.890. The Kier molecular flexibility index (Phi) is 7.36. The van der Waals surface area contributed by atoms with E-state index in [9.17, 15) is 0 Å². The number of nitrogens with two attached hydrogens (primary N) is 2. The third-order valence-electron chi connectivity index (χ3n) is 5.01. The summed E-state index contributed by atoms with van der Waals surface area (Å²) >= 11 is 0. The highest BCUT2D eigenvalue weighted by Crippen LogP contribution is 2.18. The summed E-state index contributed by atoms with van der Waals surface area (Å²) in [7, 11) is 4.62. The molecule has 5 heteroatoms. The fourth-order valence-corrected chi connectivity index (χ4v) is 3.34. The van der Waals surface area contributed by atoms with Crippen LogP contribution in [0, 0.1) is 13.8 Å². The normalized spacial score (nSPS) is 11.4. The highest BCUT2D eigenvalue weighted by atomic mass is 15.3. The molecule has 0 fully saturated rings. The van der Waals surface area contributed by atoms with Crippen LogP contribution in [0.2, 0.25) is 0 Å². The molecule has 0 aliphatic heterocycles. The van der Waals surface area contributed by atoms with Crippen molar-refractivity contribution >= 4 is 22.7 Å². The molecule has 0 aliphatic rings. The summed E-state index contributed by atoms with van der Waals surface area (Å²) in [6, 6.07) is 12.1. The SMILES string of the molecule is Cc1cc(N)ccc1NCCC[N+](C)(C)CCCNc1ccc(N)cc1C. The van der Waals surface area contributed by atoms with E-state index in [1.165, 1.54) is 22.5 Å². The highest BCUT2D eigenvalue weighted by molar-refractivity contribution is 5.58. The second-order valence-electron chi connectivity index (χ2n) is 8.09. The number of hydrogen-bond donors (Lipinski definition) is 4. The largest absolute Gasteiger partial charge is 0.399 e. The minimum atomic E-state index is 0.818. The van der Waals surface area contributed by atoms with Gasteiger partial charge in [-0.2, -0.15) is 0 Å². The van der Waals surface area contributed by atoms with E-state index in [1.807, 2.05) is 24.3 Å². The van der Waals surface area contributed by atoms with Crippen molar-refractivity contribution in [3.8, 4) is 0 Å². The molecule has 5 nitrogen and oxygen atoms in total. The van der Waals surface area contributed by atoms with Crippen molar-refractivity contribution < 1.29 is 4.48 Å². The van der Waals surface area contributed by atoms with Crippen LogP contribution in [0.5, 0.6) is 0 Å². The average molecular weight is 371 g/mol. The van der Waals surface area contributed by atoms with E-state index in [2.05, 4.69) is 50.7 Å². The standard InChI is InChI=1S/C22H36N5/c1-17-15-19(23)7-9-21(17)25-11-5-13-27(3,4)14-6-12-26-22-10-8-20(24)16-18(22)2/h7-10,15-16,25-26H,5-6,11-14,23-24H2,1-4H3/q+1. The minimum Gasteiger partial charge on any atom is -0.399 e. The van der Waals surface area contributed by atoms with E-state index in [4.69, 9.17) is 11.5 Å². The molecule has 148 valence electrons. The lowest BCUT2D eigenvalue weighted by atomic mass is 10.1. The maximum atomic E-state index is 5.81. The van der Waals surface area contributed by atoms with Gasteiger partial charge >= 0.3 is 0 Å². The monoisotopic (exact) mass is 370 g/mol. The molecule has 0 saturated heterocycles. The third-order valence-corrected chi connectivity index (χ3v) is 5.01. The first-order valence-electron chi connectivity index (χ1n) is 9.79. The van der Waals surface area contributed by atoms with E-state index < -0.39 is 0 Å². The van der Waals surface area contributed by atoms with Gasteiger partial charge in [-0.05, 0) is 61.4 Å². The lowest BCUT2D eigenvalue weighted by Gasteiger charge is -2.30. The molecule has 27 heavy (non-hydrogen) atoms. The molecule has 0 aliphatic carbocycles. The van der Waals surface area contributed by atoms with Crippen LogP contribution in [0.25, 0.3) is 0 Å². The summed E-state index contributed by atoms with van der Waals surface area (Å²) in [5.74, 6) is 0. The molecule has 0 heterocycles. The molecule has 2 rings (SSSR count). The van der Waals surface area contributed by atoms with Gasteiger partial charge in [-0.1, -0.05) is 0 Å². The molecule has 0 unspecified atom stereocenters. The number of aryl methyl sites for hydroxylation is 2. The van der Waals surface area contributed by atoms with Crippen molar-refractivity contribution in [1.82, 2.24) is 0 Å². The Morgan fingerprint density at radius 2 is 1.15 bits per heavy atom. The van der Waals surface area contributed by atoms with Crippen LogP contribution in [0.1, 0.15) is 24.0 Å². The Bertz CT molecular complexity index is 678. The van der Waals surface area contributed by atoms with Crippen LogP contribution >= 0.6 is 0 Å². The number of hydrogen-bond acceptors (Lipinski definition) is 4. The van der Waals surface area contributed by atoms with Crippen LogP contribution in [0.4, 0.5) is 22.7 Å². The first-order chi connectivity index (χ1) is 12.8. The molecular weight excluding hydrogens is 334 g/mol. The lowest BCUT2D eigenvalue weighted by Crippen LogP contribution is -2.42. The number of anilines is 4. The Morgan fingerprint density at radius 1 is 0.741 bits per heavy atom. The van der Waals surface area contributed by atoms with E-state index in [0.29, 0.717) is 0 Å². The average Bonchev–Trinajstić information content (AvgIpc) is 2.58. The van der Waals surface area contributed by atoms with Crippen molar-refractivity contribution in [3.05, 3.63) is 47.5 Å². The van der Waals surface area contributed by atoms with Crippen LogP contribution in [0.15, 0.2) is 36.4 Å². The summed E-state index contributed by atoms with van der Waals surface area (Å²) in [5.41, 5.74) is 18.0. The second-order valence-corrected chi connectivity index (χ2v) is 8.09. The summed E-state index contributed by atoms with van der Waals surface area (Å²) in [4.78, 5) is 0. The van der Waals surface area contributed by atoms with Crippen LogP contribution < -0.4 is 22.1 Å². The molecule has 6 N–H and O–H groups in total. The van der Waals surface area contributed by atoms with Gasteiger partial charge in [0.2, 0.25) is 0 Å². The Morgan fingerprint density at radius 3 is 1.52 bits per heavy atom. The van der Waals surface area contributed by atoms with Gasteiger partial charge < -0.3 is 26.6 Å². The fraction of sp³-hybridized carbons (Fsp3) is 0.455. The van der Waals surface area contributed by atoms with Gasteiger partial charge in [-0.3, -0.25) is 0 Å². The van der Waals surface area contributed by atoms with E-state index in [0.717, 1.165) is 54.9 Å². The molecule has 0 atom stereocenters.